The van der Waals surface area contributed by atoms with Crippen molar-refractivity contribution in [2.75, 3.05) is 14.2 Å². The third kappa shape index (κ3) is 7.03. The molecule has 0 N–H and O–H groups in total. The predicted octanol–water partition coefficient (Wildman–Crippen LogP) is 6.96. The van der Waals surface area contributed by atoms with Crippen molar-refractivity contribution in [1.29, 1.82) is 0 Å². The molecule has 0 saturated heterocycles. The monoisotopic (exact) mass is 550 g/mol. The highest BCUT2D eigenvalue weighted by Gasteiger charge is 2.35. The number of hydrogen-bond acceptors (Lipinski definition) is 5. The van der Waals surface area contributed by atoms with Crippen LogP contribution in [0.25, 0.3) is 0 Å². The van der Waals surface area contributed by atoms with Gasteiger partial charge in [-0.15, -0.1) is 0 Å². The standard InChI is InChI=1S/C32H29F3O5/c1-38-28-17-15-23(19-29(28)40-25-10-6-7-11-25)24(20-30(36)39-2)14-12-21-13-16-26(27(18-21)32(33,34)35)31(37)22-8-4-3-5-9-22/h3-5,8-9,13,15-19,24-25H,6-7,10-11,20H2,1-2H3/t24-/m0/s1. The largest absolute Gasteiger partial charge is 0.493 e. The second-order valence-electron chi connectivity index (χ2n) is 9.49. The molecule has 0 heterocycles. The Kier molecular flexibility index (Phi) is 9.15. The molecule has 3 aromatic rings. The Bertz CT molecular complexity index is 1410. The van der Waals surface area contributed by atoms with Gasteiger partial charge in [0.1, 0.15) is 0 Å². The summed E-state index contributed by atoms with van der Waals surface area (Å²) in [4.78, 5) is 25.0. The number of esters is 1. The molecule has 8 heteroatoms. The van der Waals surface area contributed by atoms with Gasteiger partial charge in [-0.1, -0.05) is 48.2 Å². The third-order valence-electron chi connectivity index (χ3n) is 6.78. The van der Waals surface area contributed by atoms with Crippen LogP contribution < -0.4 is 9.47 Å². The summed E-state index contributed by atoms with van der Waals surface area (Å²) in [5, 5.41) is 0. The van der Waals surface area contributed by atoms with Gasteiger partial charge < -0.3 is 14.2 Å². The smallest absolute Gasteiger partial charge is 0.417 e. The number of benzene rings is 3. The number of alkyl halides is 3. The van der Waals surface area contributed by atoms with Gasteiger partial charge in [0, 0.05) is 16.7 Å². The fourth-order valence-electron chi connectivity index (χ4n) is 4.66. The van der Waals surface area contributed by atoms with Crippen LogP contribution in [0.3, 0.4) is 0 Å². The number of rotatable bonds is 8. The lowest BCUT2D eigenvalue weighted by atomic mass is 9.94. The van der Waals surface area contributed by atoms with Crippen LogP contribution in [-0.4, -0.2) is 32.1 Å². The maximum Gasteiger partial charge on any atom is 0.417 e. The zero-order valence-corrected chi connectivity index (χ0v) is 22.2. The van der Waals surface area contributed by atoms with Gasteiger partial charge in [-0.2, -0.15) is 13.2 Å². The van der Waals surface area contributed by atoms with E-state index < -0.39 is 35.0 Å². The molecular formula is C32H29F3O5. The SMILES string of the molecule is COC(=O)C[C@H](C#Cc1ccc(C(=O)c2ccccc2)c(C(F)(F)F)c1)c1ccc(OC)c(OC2CCCC2)c1. The van der Waals surface area contributed by atoms with Gasteiger partial charge in [-0.3, -0.25) is 9.59 Å². The predicted molar refractivity (Wildman–Crippen MR) is 143 cm³/mol. The van der Waals surface area contributed by atoms with E-state index in [4.69, 9.17) is 14.2 Å². The third-order valence-corrected chi connectivity index (χ3v) is 6.78. The van der Waals surface area contributed by atoms with Crippen LogP contribution in [0, 0.1) is 11.8 Å². The van der Waals surface area contributed by atoms with Crippen LogP contribution in [0.5, 0.6) is 11.5 Å². The van der Waals surface area contributed by atoms with E-state index in [1.165, 1.54) is 32.4 Å². The van der Waals surface area contributed by atoms with Crippen LogP contribution in [0.2, 0.25) is 0 Å². The van der Waals surface area contributed by atoms with E-state index in [-0.39, 0.29) is 23.7 Å². The van der Waals surface area contributed by atoms with E-state index in [2.05, 4.69) is 11.8 Å². The second kappa shape index (κ2) is 12.7. The fourth-order valence-corrected chi connectivity index (χ4v) is 4.66. The Morgan fingerprint density at radius 3 is 2.33 bits per heavy atom. The van der Waals surface area contributed by atoms with Gasteiger partial charge in [-0.05, 0) is 61.6 Å². The van der Waals surface area contributed by atoms with Crippen molar-refractivity contribution >= 4 is 11.8 Å². The number of methoxy groups -OCH3 is 2. The quantitative estimate of drug-likeness (QED) is 0.172. The van der Waals surface area contributed by atoms with Crippen molar-refractivity contribution in [3.8, 4) is 23.3 Å². The minimum absolute atomic E-state index is 0.0581. The van der Waals surface area contributed by atoms with E-state index in [1.807, 2.05) is 0 Å². The summed E-state index contributed by atoms with van der Waals surface area (Å²) in [6, 6.07) is 16.4. The lowest BCUT2D eigenvalue weighted by molar-refractivity contribution is -0.141. The summed E-state index contributed by atoms with van der Waals surface area (Å²) < 4.78 is 58.4. The zero-order valence-electron chi connectivity index (χ0n) is 22.2. The Balaban J connectivity index is 1.69. The highest BCUT2D eigenvalue weighted by atomic mass is 19.4. The van der Waals surface area contributed by atoms with E-state index in [0.717, 1.165) is 37.8 Å². The Morgan fingerprint density at radius 2 is 1.68 bits per heavy atom. The molecule has 1 aliphatic carbocycles. The first-order valence-corrected chi connectivity index (χ1v) is 12.9. The average Bonchev–Trinajstić information content (AvgIpc) is 3.47. The highest BCUT2D eigenvalue weighted by Crippen LogP contribution is 2.36. The van der Waals surface area contributed by atoms with Gasteiger partial charge in [-0.25, -0.2) is 0 Å². The van der Waals surface area contributed by atoms with Gasteiger partial charge >= 0.3 is 12.1 Å². The van der Waals surface area contributed by atoms with Crippen molar-refractivity contribution in [2.24, 2.45) is 0 Å². The van der Waals surface area contributed by atoms with Gasteiger partial charge in [0.15, 0.2) is 17.3 Å². The molecule has 4 rings (SSSR count). The normalized spacial score (nSPS) is 14.1. The van der Waals surface area contributed by atoms with Crippen LogP contribution in [0.1, 0.15) is 70.6 Å². The summed E-state index contributed by atoms with van der Waals surface area (Å²) in [6.45, 7) is 0. The molecule has 208 valence electrons. The first kappa shape index (κ1) is 28.8. The lowest BCUT2D eigenvalue weighted by Crippen LogP contribution is -2.14. The topological polar surface area (TPSA) is 61.8 Å². The van der Waals surface area contributed by atoms with Gasteiger partial charge in [0.2, 0.25) is 0 Å². The molecule has 1 atom stereocenters. The van der Waals surface area contributed by atoms with E-state index in [0.29, 0.717) is 17.1 Å². The zero-order chi connectivity index (χ0) is 28.7. The molecule has 5 nitrogen and oxygen atoms in total. The number of carbonyl (C=O) groups is 2. The number of ether oxygens (including phenoxy) is 3. The Morgan fingerprint density at radius 1 is 0.950 bits per heavy atom. The summed E-state index contributed by atoms with van der Waals surface area (Å²) in [5.74, 6) is 4.82. The van der Waals surface area contributed by atoms with Gasteiger partial charge in [0.05, 0.1) is 38.2 Å². The first-order chi connectivity index (χ1) is 19.2. The number of ketones is 1. The summed E-state index contributed by atoms with van der Waals surface area (Å²) in [7, 11) is 2.79. The second-order valence-corrected chi connectivity index (χ2v) is 9.49. The van der Waals surface area contributed by atoms with Crippen molar-refractivity contribution in [2.45, 2.75) is 50.3 Å². The maximum atomic E-state index is 14.0. The molecule has 0 radical (unpaired) electrons. The summed E-state index contributed by atoms with van der Waals surface area (Å²) in [5.41, 5.74) is -0.685. The molecule has 0 aliphatic heterocycles. The number of halogens is 3. The molecule has 0 amide bonds. The van der Waals surface area contributed by atoms with E-state index in [9.17, 15) is 22.8 Å². The average molecular weight is 551 g/mol. The molecule has 0 bridgehead atoms. The Labute approximate surface area is 231 Å². The highest BCUT2D eigenvalue weighted by molar-refractivity contribution is 6.10. The summed E-state index contributed by atoms with van der Waals surface area (Å²) in [6.07, 6.45) is -0.794. The first-order valence-electron chi connectivity index (χ1n) is 12.9. The maximum absolute atomic E-state index is 14.0. The van der Waals surface area contributed by atoms with Crippen LogP contribution in [-0.2, 0) is 15.7 Å². The summed E-state index contributed by atoms with van der Waals surface area (Å²) >= 11 is 0. The molecule has 0 aromatic heterocycles. The van der Waals surface area contributed by atoms with Crippen molar-refractivity contribution in [1.82, 2.24) is 0 Å². The molecule has 1 saturated carbocycles. The number of hydrogen-bond donors (Lipinski definition) is 0. The van der Waals surface area contributed by atoms with E-state index >= 15 is 0 Å². The minimum atomic E-state index is -4.77. The molecule has 1 fully saturated rings. The molecule has 3 aromatic carbocycles. The van der Waals surface area contributed by atoms with Crippen LogP contribution in [0.15, 0.2) is 66.7 Å². The fraction of sp³-hybridized carbons (Fsp3) is 0.312. The molecule has 40 heavy (non-hydrogen) atoms. The molecule has 1 aliphatic rings. The molecular weight excluding hydrogens is 521 g/mol. The van der Waals surface area contributed by atoms with Gasteiger partial charge in [0.25, 0.3) is 0 Å². The molecule has 0 spiro atoms. The van der Waals surface area contributed by atoms with Crippen molar-refractivity contribution in [3.05, 3.63) is 94.5 Å². The Hall–Kier alpha value is -4.25. The van der Waals surface area contributed by atoms with Crippen LogP contribution in [0.4, 0.5) is 13.2 Å². The van der Waals surface area contributed by atoms with E-state index in [1.54, 1.807) is 36.4 Å². The minimum Gasteiger partial charge on any atom is -0.493 e. The van der Waals surface area contributed by atoms with Crippen LogP contribution >= 0.6 is 0 Å². The van der Waals surface area contributed by atoms with Crippen molar-refractivity contribution in [3.63, 3.8) is 0 Å². The van der Waals surface area contributed by atoms with Crippen molar-refractivity contribution < 1.29 is 37.0 Å². The molecule has 0 unspecified atom stereocenters. The number of carbonyl (C=O) groups excluding carboxylic acids is 2. The lowest BCUT2D eigenvalue weighted by Gasteiger charge is -2.18.